The van der Waals surface area contributed by atoms with Gasteiger partial charge >= 0.3 is 0 Å². The SMILES string of the molecule is CCCCOCCOc1ccc(-c2ccc3c(c2)C=C(C(=O)Nc2ccc([S@@](=O)Cc4ccnn4CCC)cc2)CCCN3CC(C)C)cc1. The Bertz CT molecular complexity index is 1730. The molecule has 1 aliphatic heterocycles. The smallest absolute Gasteiger partial charge is 0.251 e. The Labute approximate surface area is 300 Å². The molecule has 1 atom stereocenters. The molecule has 266 valence electrons. The van der Waals surface area contributed by atoms with Crippen LogP contribution in [0.15, 0.2) is 89.5 Å². The van der Waals surface area contributed by atoms with Gasteiger partial charge in [-0.15, -0.1) is 0 Å². The molecule has 0 aliphatic carbocycles. The first kappa shape index (κ1) is 37.1. The number of carbonyl (C=O) groups is 1. The minimum absolute atomic E-state index is 0.115. The summed E-state index contributed by atoms with van der Waals surface area (Å²) >= 11 is 0. The van der Waals surface area contributed by atoms with Gasteiger partial charge in [-0.3, -0.25) is 13.7 Å². The fourth-order valence-corrected chi connectivity index (χ4v) is 7.23. The van der Waals surface area contributed by atoms with Gasteiger partial charge in [0.25, 0.3) is 5.91 Å². The van der Waals surface area contributed by atoms with E-state index in [1.54, 1.807) is 6.20 Å². The third-order valence-corrected chi connectivity index (χ3v) is 10.0. The second-order valence-corrected chi connectivity index (χ2v) is 14.7. The quantitative estimate of drug-likeness (QED) is 0.111. The first-order valence-electron chi connectivity index (χ1n) is 18.1. The highest BCUT2D eigenvalue weighted by molar-refractivity contribution is 7.84. The number of hydrogen-bond acceptors (Lipinski definition) is 6. The monoisotopic (exact) mass is 696 g/mol. The molecule has 0 spiro atoms. The van der Waals surface area contributed by atoms with Crippen LogP contribution in [0.1, 0.15) is 71.1 Å². The molecule has 8 nitrogen and oxygen atoms in total. The van der Waals surface area contributed by atoms with Crippen LogP contribution in [0, 0.1) is 5.92 Å². The second kappa shape index (κ2) is 18.7. The number of rotatable bonds is 17. The van der Waals surface area contributed by atoms with Crippen molar-refractivity contribution in [1.82, 2.24) is 9.78 Å². The van der Waals surface area contributed by atoms with Crippen LogP contribution < -0.4 is 15.0 Å². The van der Waals surface area contributed by atoms with Gasteiger partial charge in [-0.1, -0.05) is 52.3 Å². The minimum Gasteiger partial charge on any atom is -0.491 e. The van der Waals surface area contributed by atoms with Crippen LogP contribution in [0.4, 0.5) is 11.4 Å². The van der Waals surface area contributed by atoms with E-state index in [1.807, 2.05) is 47.1 Å². The molecule has 5 rings (SSSR count). The number of ether oxygens (including phenoxy) is 2. The number of benzene rings is 3. The predicted octanol–water partition coefficient (Wildman–Crippen LogP) is 8.74. The predicted molar refractivity (Wildman–Crippen MR) is 205 cm³/mol. The van der Waals surface area contributed by atoms with Crippen molar-refractivity contribution in [3.8, 4) is 16.9 Å². The van der Waals surface area contributed by atoms with Gasteiger partial charge in [0.2, 0.25) is 0 Å². The van der Waals surface area contributed by atoms with Crippen LogP contribution >= 0.6 is 0 Å². The molecular weight excluding hydrogens is 645 g/mol. The molecule has 2 heterocycles. The number of anilines is 2. The zero-order chi connectivity index (χ0) is 35.3. The van der Waals surface area contributed by atoms with Gasteiger partial charge in [0.15, 0.2) is 0 Å². The molecule has 0 radical (unpaired) electrons. The highest BCUT2D eigenvalue weighted by Gasteiger charge is 2.20. The Morgan fingerprint density at radius 3 is 2.46 bits per heavy atom. The van der Waals surface area contributed by atoms with Gasteiger partial charge in [0, 0.05) is 54.3 Å². The molecule has 0 fully saturated rings. The molecule has 4 aromatic rings. The summed E-state index contributed by atoms with van der Waals surface area (Å²) in [5, 5.41) is 7.44. The van der Waals surface area contributed by atoms with Gasteiger partial charge < -0.3 is 19.7 Å². The average Bonchev–Trinajstić information content (AvgIpc) is 3.54. The summed E-state index contributed by atoms with van der Waals surface area (Å²) in [6.07, 6.45) is 8.52. The molecule has 1 aliphatic rings. The lowest BCUT2D eigenvalue weighted by atomic mass is 9.96. The van der Waals surface area contributed by atoms with Crippen LogP contribution in [0.3, 0.4) is 0 Å². The lowest BCUT2D eigenvalue weighted by Gasteiger charge is -2.30. The lowest BCUT2D eigenvalue weighted by Crippen LogP contribution is -2.30. The summed E-state index contributed by atoms with van der Waals surface area (Å²) in [4.78, 5) is 16.9. The zero-order valence-corrected chi connectivity index (χ0v) is 30.8. The largest absolute Gasteiger partial charge is 0.491 e. The summed E-state index contributed by atoms with van der Waals surface area (Å²) in [5.74, 6) is 1.62. The Morgan fingerprint density at radius 1 is 0.940 bits per heavy atom. The Kier molecular flexibility index (Phi) is 13.9. The molecule has 0 bridgehead atoms. The third-order valence-electron chi connectivity index (χ3n) is 8.67. The highest BCUT2D eigenvalue weighted by atomic mass is 32.2. The van der Waals surface area contributed by atoms with E-state index < -0.39 is 10.8 Å². The van der Waals surface area contributed by atoms with Crippen molar-refractivity contribution in [2.75, 3.05) is 43.1 Å². The van der Waals surface area contributed by atoms with E-state index in [0.717, 1.165) is 96.2 Å². The van der Waals surface area contributed by atoms with E-state index in [9.17, 15) is 9.00 Å². The van der Waals surface area contributed by atoms with E-state index in [4.69, 9.17) is 9.47 Å². The van der Waals surface area contributed by atoms with E-state index in [1.165, 1.54) is 0 Å². The van der Waals surface area contributed by atoms with Crippen molar-refractivity contribution in [1.29, 1.82) is 0 Å². The van der Waals surface area contributed by atoms with Crippen LogP contribution in [-0.2, 0) is 32.6 Å². The van der Waals surface area contributed by atoms with Crippen molar-refractivity contribution >= 4 is 34.2 Å². The van der Waals surface area contributed by atoms with E-state index in [0.29, 0.717) is 37.0 Å². The number of aromatic nitrogens is 2. The van der Waals surface area contributed by atoms with Crippen molar-refractivity contribution in [3.05, 3.63) is 95.8 Å². The summed E-state index contributed by atoms with van der Waals surface area (Å²) in [7, 11) is -1.21. The van der Waals surface area contributed by atoms with Crippen LogP contribution in [-0.4, -0.2) is 52.8 Å². The van der Waals surface area contributed by atoms with Crippen molar-refractivity contribution in [2.24, 2.45) is 5.92 Å². The number of aryl methyl sites for hydroxylation is 1. The summed E-state index contributed by atoms with van der Waals surface area (Å²) in [6, 6.07) is 24.0. The highest BCUT2D eigenvalue weighted by Crippen LogP contribution is 2.33. The molecule has 1 N–H and O–H groups in total. The van der Waals surface area contributed by atoms with Gasteiger partial charge in [0.05, 0.1) is 28.9 Å². The maximum absolute atomic E-state index is 13.7. The Morgan fingerprint density at radius 2 is 1.72 bits per heavy atom. The van der Waals surface area contributed by atoms with E-state index in [-0.39, 0.29) is 5.91 Å². The maximum atomic E-state index is 13.7. The Hall–Kier alpha value is -4.21. The number of nitrogens with one attached hydrogen (secondary N) is 1. The molecule has 1 aromatic heterocycles. The summed E-state index contributed by atoms with van der Waals surface area (Å²) in [5.41, 5.74) is 6.73. The summed E-state index contributed by atoms with van der Waals surface area (Å²) < 4.78 is 26.5. The molecule has 0 saturated heterocycles. The third kappa shape index (κ3) is 10.4. The molecule has 0 saturated carbocycles. The topological polar surface area (TPSA) is 85.7 Å². The molecule has 9 heteroatoms. The number of nitrogens with zero attached hydrogens (tertiary/aromatic N) is 3. The fraction of sp³-hybridized carbons (Fsp3) is 0.415. The number of fused-ring (bicyclic) bond motifs is 1. The molecule has 50 heavy (non-hydrogen) atoms. The summed E-state index contributed by atoms with van der Waals surface area (Å²) in [6.45, 7) is 13.3. The van der Waals surface area contributed by atoms with Crippen molar-refractivity contribution in [3.63, 3.8) is 0 Å². The molecule has 1 amide bonds. The van der Waals surface area contributed by atoms with Crippen molar-refractivity contribution < 1.29 is 18.5 Å². The van der Waals surface area contributed by atoms with E-state index in [2.05, 4.69) is 79.4 Å². The van der Waals surface area contributed by atoms with Crippen LogP contribution in [0.25, 0.3) is 17.2 Å². The first-order valence-corrected chi connectivity index (χ1v) is 19.4. The number of unbranched alkanes of at least 4 members (excludes halogenated alkanes) is 1. The number of carbonyl (C=O) groups excluding carboxylic acids is 1. The number of amides is 1. The minimum atomic E-state index is -1.21. The fourth-order valence-electron chi connectivity index (χ4n) is 6.11. The van der Waals surface area contributed by atoms with Crippen LogP contribution in [0.2, 0.25) is 0 Å². The van der Waals surface area contributed by atoms with Gasteiger partial charge in [-0.05, 0) is 109 Å². The molecule has 0 unspecified atom stereocenters. The first-order chi connectivity index (χ1) is 24.3. The van der Waals surface area contributed by atoms with E-state index >= 15 is 0 Å². The maximum Gasteiger partial charge on any atom is 0.251 e. The normalized spacial score (nSPS) is 13.7. The van der Waals surface area contributed by atoms with Gasteiger partial charge in [-0.2, -0.15) is 5.10 Å². The number of hydrogen-bond donors (Lipinski definition) is 1. The van der Waals surface area contributed by atoms with Gasteiger partial charge in [-0.25, -0.2) is 0 Å². The second-order valence-electron chi connectivity index (χ2n) is 13.2. The Balaban J connectivity index is 1.30. The molecular formula is C41H52N4O4S. The van der Waals surface area contributed by atoms with Gasteiger partial charge in [0.1, 0.15) is 12.4 Å². The standard InChI is InChI=1S/C41H52N4O4S/c1-5-7-24-48-25-26-49-38-15-10-32(11-16-38)33-12-19-40-35(27-33)28-34(9-8-23-44(40)29-31(3)4)41(46)43-36-13-17-39(18-14-36)50(47)30-37-20-21-42-45(37)22-6-2/h10-21,27-28,31H,5-9,22-26,29-30H2,1-4H3,(H,43,46)/t50-/m0/s1. The zero-order valence-electron chi connectivity index (χ0n) is 30.0. The van der Waals surface area contributed by atoms with Crippen molar-refractivity contribution in [2.45, 2.75) is 77.0 Å². The lowest BCUT2D eigenvalue weighted by molar-refractivity contribution is -0.112. The molecule has 3 aromatic carbocycles. The van der Waals surface area contributed by atoms with Crippen LogP contribution in [0.5, 0.6) is 5.75 Å². The average molecular weight is 697 g/mol.